The Bertz CT molecular complexity index is 239. The van der Waals surface area contributed by atoms with E-state index in [9.17, 15) is 22.4 Å². The molecule has 7 heteroatoms. The zero-order valence-electron chi connectivity index (χ0n) is 8.97. The first-order valence-corrected chi connectivity index (χ1v) is 4.75. The van der Waals surface area contributed by atoms with Crippen molar-refractivity contribution < 1.29 is 32.2 Å². The van der Waals surface area contributed by atoms with Crippen molar-refractivity contribution in [2.75, 3.05) is 6.61 Å². The molecule has 0 atom stereocenters. The summed E-state index contributed by atoms with van der Waals surface area (Å²) in [7, 11) is 0. The van der Waals surface area contributed by atoms with Gasteiger partial charge in [0.25, 0.3) is 0 Å². The molecule has 0 fully saturated rings. The van der Waals surface area contributed by atoms with Gasteiger partial charge in [-0.2, -0.15) is 8.78 Å². The summed E-state index contributed by atoms with van der Waals surface area (Å²) in [4.78, 5) is 10.8. The SMILES string of the molecule is CCC(CC)(OCC(F)(F)C(F)F)C(=O)O. The van der Waals surface area contributed by atoms with E-state index in [1.54, 1.807) is 0 Å². The van der Waals surface area contributed by atoms with Gasteiger partial charge in [0.15, 0.2) is 5.60 Å². The van der Waals surface area contributed by atoms with E-state index in [0.29, 0.717) is 0 Å². The summed E-state index contributed by atoms with van der Waals surface area (Å²) in [6.07, 6.45) is -4.01. The summed E-state index contributed by atoms with van der Waals surface area (Å²) in [6, 6.07) is 0. The van der Waals surface area contributed by atoms with E-state index in [2.05, 4.69) is 4.74 Å². The maximum absolute atomic E-state index is 12.5. The average molecular weight is 246 g/mol. The maximum Gasteiger partial charge on any atom is 0.335 e. The second-order valence-electron chi connectivity index (χ2n) is 3.36. The highest BCUT2D eigenvalue weighted by molar-refractivity contribution is 5.77. The highest BCUT2D eigenvalue weighted by Gasteiger charge is 2.45. The van der Waals surface area contributed by atoms with E-state index in [4.69, 9.17) is 5.11 Å². The molecule has 0 rings (SSSR count). The molecule has 1 N–H and O–H groups in total. The number of halogens is 4. The van der Waals surface area contributed by atoms with Crippen molar-refractivity contribution in [2.45, 2.75) is 44.6 Å². The van der Waals surface area contributed by atoms with Crippen molar-refractivity contribution >= 4 is 5.97 Å². The second kappa shape index (κ2) is 5.47. The van der Waals surface area contributed by atoms with Crippen LogP contribution in [0.2, 0.25) is 0 Å². The van der Waals surface area contributed by atoms with Crippen molar-refractivity contribution in [1.82, 2.24) is 0 Å². The number of carboxylic acids is 1. The molecule has 0 unspecified atom stereocenters. The molecule has 0 saturated heterocycles. The van der Waals surface area contributed by atoms with E-state index in [0.717, 1.165) is 0 Å². The van der Waals surface area contributed by atoms with Crippen molar-refractivity contribution in [3.63, 3.8) is 0 Å². The minimum atomic E-state index is -4.33. The zero-order chi connectivity index (χ0) is 13.0. The third kappa shape index (κ3) is 3.33. The number of hydrogen-bond donors (Lipinski definition) is 1. The molecule has 0 saturated carbocycles. The van der Waals surface area contributed by atoms with Crippen LogP contribution in [0.15, 0.2) is 0 Å². The Morgan fingerprint density at radius 3 is 2.00 bits per heavy atom. The van der Waals surface area contributed by atoms with Gasteiger partial charge in [0.2, 0.25) is 0 Å². The van der Waals surface area contributed by atoms with E-state index in [1.807, 2.05) is 0 Å². The number of alkyl halides is 4. The van der Waals surface area contributed by atoms with Crippen LogP contribution in [0.1, 0.15) is 26.7 Å². The van der Waals surface area contributed by atoms with Crippen LogP contribution < -0.4 is 0 Å². The van der Waals surface area contributed by atoms with Gasteiger partial charge in [-0.05, 0) is 12.8 Å². The van der Waals surface area contributed by atoms with Gasteiger partial charge in [0.05, 0.1) is 0 Å². The minimum Gasteiger partial charge on any atom is -0.479 e. The quantitative estimate of drug-likeness (QED) is 0.702. The normalized spacial score (nSPS) is 13.2. The number of aliphatic carboxylic acids is 1. The largest absolute Gasteiger partial charge is 0.479 e. The average Bonchev–Trinajstić information content (AvgIpc) is 2.19. The van der Waals surface area contributed by atoms with Crippen LogP contribution in [0, 0.1) is 0 Å². The molecule has 0 aromatic heterocycles. The van der Waals surface area contributed by atoms with Crippen molar-refractivity contribution in [3.8, 4) is 0 Å². The lowest BCUT2D eigenvalue weighted by Gasteiger charge is -2.29. The first-order valence-electron chi connectivity index (χ1n) is 4.75. The molecule has 0 amide bonds. The van der Waals surface area contributed by atoms with Crippen molar-refractivity contribution in [1.29, 1.82) is 0 Å². The zero-order valence-corrected chi connectivity index (χ0v) is 8.97. The molecule has 0 spiro atoms. The van der Waals surface area contributed by atoms with E-state index < -0.39 is 30.5 Å². The highest BCUT2D eigenvalue weighted by atomic mass is 19.3. The summed E-state index contributed by atoms with van der Waals surface area (Å²) in [5.74, 6) is -5.76. The number of hydrogen-bond acceptors (Lipinski definition) is 2. The Morgan fingerprint density at radius 2 is 1.75 bits per heavy atom. The van der Waals surface area contributed by atoms with Crippen LogP contribution in [-0.4, -0.2) is 35.6 Å². The first-order chi connectivity index (χ1) is 7.22. The smallest absolute Gasteiger partial charge is 0.335 e. The maximum atomic E-state index is 12.5. The summed E-state index contributed by atoms with van der Waals surface area (Å²) in [5, 5.41) is 8.80. The Kier molecular flexibility index (Phi) is 5.18. The molecule has 0 aromatic rings. The molecular weight excluding hydrogens is 232 g/mol. The lowest BCUT2D eigenvalue weighted by molar-refractivity contribution is -0.206. The van der Waals surface area contributed by atoms with Crippen LogP contribution in [0.3, 0.4) is 0 Å². The molecular formula is C9H14F4O3. The number of rotatable bonds is 7. The van der Waals surface area contributed by atoms with Gasteiger partial charge in [0.1, 0.15) is 6.61 Å². The second-order valence-corrected chi connectivity index (χ2v) is 3.36. The van der Waals surface area contributed by atoms with E-state index in [-0.39, 0.29) is 12.8 Å². The lowest BCUT2D eigenvalue weighted by atomic mass is 9.97. The lowest BCUT2D eigenvalue weighted by Crippen LogP contribution is -2.45. The van der Waals surface area contributed by atoms with Crippen LogP contribution in [0.25, 0.3) is 0 Å². The van der Waals surface area contributed by atoms with Gasteiger partial charge in [-0.15, -0.1) is 0 Å². The first kappa shape index (κ1) is 15.2. The van der Waals surface area contributed by atoms with E-state index in [1.165, 1.54) is 13.8 Å². The van der Waals surface area contributed by atoms with Gasteiger partial charge < -0.3 is 9.84 Å². The number of ether oxygens (including phenoxy) is 1. The summed E-state index contributed by atoms with van der Waals surface area (Å²) >= 11 is 0. The molecule has 0 aliphatic rings. The Balaban J connectivity index is 4.62. The van der Waals surface area contributed by atoms with E-state index >= 15 is 0 Å². The minimum absolute atomic E-state index is 0.0713. The van der Waals surface area contributed by atoms with Crippen LogP contribution in [0.5, 0.6) is 0 Å². The van der Waals surface area contributed by atoms with Crippen LogP contribution in [-0.2, 0) is 9.53 Å². The fraction of sp³-hybridized carbons (Fsp3) is 0.889. The standard InChI is InChI=1S/C9H14F4O3/c1-3-8(4-2,7(14)15)16-5-9(12,13)6(10)11/h6H,3-5H2,1-2H3,(H,14,15). The van der Waals surface area contributed by atoms with Gasteiger partial charge in [-0.25, -0.2) is 13.6 Å². The summed E-state index contributed by atoms with van der Waals surface area (Å²) in [5.41, 5.74) is -1.82. The molecule has 0 radical (unpaired) electrons. The molecule has 16 heavy (non-hydrogen) atoms. The van der Waals surface area contributed by atoms with Crippen LogP contribution in [0.4, 0.5) is 17.6 Å². The predicted octanol–water partition coefficient (Wildman–Crippen LogP) is 2.55. The molecule has 0 bridgehead atoms. The molecule has 0 aliphatic carbocycles. The van der Waals surface area contributed by atoms with Gasteiger partial charge >= 0.3 is 18.3 Å². The van der Waals surface area contributed by atoms with Crippen molar-refractivity contribution in [2.24, 2.45) is 0 Å². The van der Waals surface area contributed by atoms with Crippen LogP contribution >= 0.6 is 0 Å². The predicted molar refractivity (Wildman–Crippen MR) is 47.9 cm³/mol. The van der Waals surface area contributed by atoms with Gasteiger partial charge in [-0.3, -0.25) is 0 Å². The number of carbonyl (C=O) groups is 1. The third-order valence-electron chi connectivity index (χ3n) is 2.39. The fourth-order valence-electron chi connectivity index (χ4n) is 1.12. The fourth-order valence-corrected chi connectivity index (χ4v) is 1.12. The highest BCUT2D eigenvalue weighted by Crippen LogP contribution is 2.28. The summed E-state index contributed by atoms with van der Waals surface area (Å²) in [6.45, 7) is 1.26. The summed E-state index contributed by atoms with van der Waals surface area (Å²) < 4.78 is 53.2. The molecule has 3 nitrogen and oxygen atoms in total. The van der Waals surface area contributed by atoms with Crippen molar-refractivity contribution in [3.05, 3.63) is 0 Å². The third-order valence-corrected chi connectivity index (χ3v) is 2.39. The monoisotopic (exact) mass is 246 g/mol. The molecule has 0 aromatic carbocycles. The Morgan fingerprint density at radius 1 is 1.31 bits per heavy atom. The van der Waals surface area contributed by atoms with Gasteiger partial charge in [-0.1, -0.05) is 13.8 Å². The number of carboxylic acid groups (broad SMARTS) is 1. The Hall–Kier alpha value is -0.850. The Labute approximate surface area is 90.4 Å². The topological polar surface area (TPSA) is 46.5 Å². The van der Waals surface area contributed by atoms with Gasteiger partial charge in [0, 0.05) is 0 Å². The molecule has 96 valence electrons. The molecule has 0 aliphatic heterocycles. The molecule has 0 heterocycles.